The van der Waals surface area contributed by atoms with Gasteiger partial charge in [0, 0.05) is 31.6 Å². The molecule has 0 fully saturated rings. The number of aromatic amines is 1. The Bertz CT molecular complexity index is 1890. The van der Waals surface area contributed by atoms with Gasteiger partial charge in [0.1, 0.15) is 5.69 Å². The number of carbonyl (C=O) groups is 2. The second kappa shape index (κ2) is 12.7. The van der Waals surface area contributed by atoms with Crippen LogP contribution < -0.4 is 14.9 Å². The van der Waals surface area contributed by atoms with Gasteiger partial charge in [-0.3, -0.25) is 4.79 Å². The smallest absolute Gasteiger partial charge is 0.345 e. The molecule has 0 aliphatic rings. The normalized spacial score (nSPS) is 11.2. The van der Waals surface area contributed by atoms with E-state index in [9.17, 15) is 9.59 Å². The maximum atomic E-state index is 13.3. The number of hydrogen-bond donors (Lipinski definition) is 2. The van der Waals surface area contributed by atoms with Crippen molar-refractivity contribution in [1.82, 2.24) is 10.4 Å². The van der Waals surface area contributed by atoms with Gasteiger partial charge in [-0.05, 0) is 60.2 Å². The van der Waals surface area contributed by atoms with Crippen LogP contribution in [-0.4, -0.2) is 30.2 Å². The first-order chi connectivity index (χ1) is 20.2. The van der Waals surface area contributed by atoms with Crippen LogP contribution in [0.5, 0.6) is 11.5 Å². The number of benzene rings is 4. The van der Waals surface area contributed by atoms with Crippen LogP contribution in [0.25, 0.3) is 22.0 Å². The third-order valence-corrected chi connectivity index (χ3v) is 7.51. The van der Waals surface area contributed by atoms with E-state index in [4.69, 9.17) is 67.5 Å². The molecule has 7 nitrogen and oxygen atoms in total. The van der Waals surface area contributed by atoms with Crippen molar-refractivity contribution in [2.24, 2.45) is 5.10 Å². The topological polar surface area (TPSA) is 92.8 Å². The summed E-state index contributed by atoms with van der Waals surface area (Å²) in [5, 5.41) is 6.46. The molecule has 1 heterocycles. The summed E-state index contributed by atoms with van der Waals surface area (Å²) < 4.78 is 10.8. The number of amides is 1. The van der Waals surface area contributed by atoms with Gasteiger partial charge in [-0.25, -0.2) is 10.2 Å². The molecule has 0 saturated heterocycles. The number of nitrogens with one attached hydrogen (secondary N) is 2. The molecular formula is C30H18Cl5N3O4. The number of hydrazone groups is 1. The number of fused-ring (bicyclic) bond motifs is 1. The summed E-state index contributed by atoms with van der Waals surface area (Å²) in [6.07, 6.45) is 1.41. The van der Waals surface area contributed by atoms with Crippen molar-refractivity contribution in [2.45, 2.75) is 0 Å². The monoisotopic (exact) mass is 659 g/mol. The Labute approximate surface area is 264 Å². The SMILES string of the molecule is COc1cc(C=NNC(=O)c2[nH]c3c(Cl)cc(Cl)cc3c2-c2ccccc2Cl)ccc1OC(=O)c1ccc(Cl)cc1Cl. The number of rotatable bonds is 7. The predicted molar refractivity (Wildman–Crippen MR) is 168 cm³/mol. The largest absolute Gasteiger partial charge is 0.493 e. The fraction of sp³-hybridized carbons (Fsp3) is 0.0333. The van der Waals surface area contributed by atoms with Gasteiger partial charge in [0.25, 0.3) is 5.91 Å². The summed E-state index contributed by atoms with van der Waals surface area (Å²) in [6.45, 7) is 0. The first-order valence-corrected chi connectivity index (χ1v) is 14.0. The lowest BCUT2D eigenvalue weighted by Crippen LogP contribution is -2.19. The van der Waals surface area contributed by atoms with E-state index in [1.807, 2.05) is 6.07 Å². The molecule has 1 amide bonds. The molecule has 0 aliphatic carbocycles. The highest BCUT2D eigenvalue weighted by Crippen LogP contribution is 2.40. The average Bonchev–Trinajstić information content (AvgIpc) is 3.33. The minimum absolute atomic E-state index is 0.146. The van der Waals surface area contributed by atoms with Crippen molar-refractivity contribution in [2.75, 3.05) is 7.11 Å². The molecule has 1 aromatic heterocycles. The zero-order valence-corrected chi connectivity index (χ0v) is 25.3. The lowest BCUT2D eigenvalue weighted by atomic mass is 10.0. The Morgan fingerprint density at radius 2 is 1.60 bits per heavy atom. The molecule has 0 aliphatic heterocycles. The van der Waals surface area contributed by atoms with Crippen LogP contribution in [0, 0.1) is 0 Å². The van der Waals surface area contributed by atoms with Crippen molar-refractivity contribution in [3.8, 4) is 22.6 Å². The third kappa shape index (κ3) is 6.21. The average molecular weight is 662 g/mol. The highest BCUT2D eigenvalue weighted by atomic mass is 35.5. The Morgan fingerprint density at radius 3 is 2.33 bits per heavy atom. The number of hydrogen-bond acceptors (Lipinski definition) is 5. The highest BCUT2D eigenvalue weighted by molar-refractivity contribution is 6.40. The van der Waals surface area contributed by atoms with Gasteiger partial charge in [0.2, 0.25) is 0 Å². The van der Waals surface area contributed by atoms with Crippen LogP contribution in [0.1, 0.15) is 26.4 Å². The van der Waals surface area contributed by atoms with E-state index in [1.165, 1.54) is 37.6 Å². The Kier molecular flexibility index (Phi) is 8.96. The molecular weight excluding hydrogens is 644 g/mol. The number of carbonyl (C=O) groups excluding carboxylic acids is 2. The van der Waals surface area contributed by atoms with Crippen molar-refractivity contribution < 1.29 is 19.1 Å². The first kappa shape index (κ1) is 29.8. The van der Waals surface area contributed by atoms with Crippen molar-refractivity contribution >= 4 is 87.0 Å². The fourth-order valence-electron chi connectivity index (χ4n) is 4.21. The highest BCUT2D eigenvalue weighted by Gasteiger charge is 2.22. The van der Waals surface area contributed by atoms with Gasteiger partial charge < -0.3 is 14.5 Å². The van der Waals surface area contributed by atoms with Crippen LogP contribution >= 0.6 is 58.0 Å². The van der Waals surface area contributed by atoms with Crippen LogP contribution in [0.15, 0.2) is 77.9 Å². The summed E-state index contributed by atoms with van der Waals surface area (Å²) in [5.41, 5.74) is 5.08. The van der Waals surface area contributed by atoms with E-state index < -0.39 is 11.9 Å². The molecule has 5 aromatic rings. The number of ether oxygens (including phenoxy) is 2. The lowest BCUT2D eigenvalue weighted by molar-refractivity contribution is 0.0729. The molecule has 2 N–H and O–H groups in total. The zero-order chi connectivity index (χ0) is 30.0. The predicted octanol–water partition coefficient (Wildman–Crippen LogP) is 9.09. The second-order valence-electron chi connectivity index (χ2n) is 8.79. The van der Waals surface area contributed by atoms with Gasteiger partial charge in [0.15, 0.2) is 11.5 Å². The molecule has 42 heavy (non-hydrogen) atoms. The van der Waals surface area contributed by atoms with E-state index in [2.05, 4.69) is 15.5 Å². The molecule has 12 heteroatoms. The molecule has 0 radical (unpaired) electrons. The second-order valence-corrected chi connectivity index (χ2v) is 10.9. The van der Waals surface area contributed by atoms with Crippen molar-refractivity contribution in [1.29, 1.82) is 0 Å². The number of nitrogens with zero attached hydrogens (tertiary/aromatic N) is 1. The van der Waals surface area contributed by atoms with Crippen molar-refractivity contribution in [3.63, 3.8) is 0 Å². The summed E-state index contributed by atoms with van der Waals surface area (Å²) in [7, 11) is 1.42. The van der Waals surface area contributed by atoms with Crippen LogP contribution in [0.2, 0.25) is 25.1 Å². The quantitative estimate of drug-likeness (QED) is 0.0788. The summed E-state index contributed by atoms with van der Waals surface area (Å²) in [5.74, 6) is -0.806. The van der Waals surface area contributed by atoms with Crippen LogP contribution in [0.3, 0.4) is 0 Å². The van der Waals surface area contributed by atoms with Crippen LogP contribution in [-0.2, 0) is 0 Å². The van der Waals surface area contributed by atoms with E-state index in [1.54, 1.807) is 42.5 Å². The van der Waals surface area contributed by atoms with Crippen LogP contribution in [0.4, 0.5) is 0 Å². The van der Waals surface area contributed by atoms with Crippen molar-refractivity contribution in [3.05, 3.63) is 115 Å². The number of H-pyrrole nitrogens is 1. The molecule has 5 rings (SSSR count). The van der Waals surface area contributed by atoms with Gasteiger partial charge in [-0.2, -0.15) is 5.10 Å². The number of aromatic nitrogens is 1. The third-order valence-electron chi connectivity index (χ3n) is 6.12. The maximum Gasteiger partial charge on any atom is 0.345 e. The first-order valence-electron chi connectivity index (χ1n) is 12.1. The number of halogens is 5. The molecule has 4 aromatic carbocycles. The van der Waals surface area contributed by atoms with E-state index in [-0.39, 0.29) is 27.8 Å². The molecule has 0 spiro atoms. The lowest BCUT2D eigenvalue weighted by Gasteiger charge is -2.10. The Hall–Kier alpha value is -3.72. The van der Waals surface area contributed by atoms with E-state index >= 15 is 0 Å². The van der Waals surface area contributed by atoms with E-state index in [0.29, 0.717) is 47.7 Å². The molecule has 0 saturated carbocycles. The minimum atomic E-state index is -0.683. The molecule has 0 bridgehead atoms. The van der Waals surface area contributed by atoms with Gasteiger partial charge >= 0.3 is 5.97 Å². The van der Waals surface area contributed by atoms with Gasteiger partial charge in [0.05, 0.1) is 34.4 Å². The summed E-state index contributed by atoms with van der Waals surface area (Å²) in [4.78, 5) is 29.0. The number of esters is 1. The summed E-state index contributed by atoms with van der Waals surface area (Å²) >= 11 is 31.2. The molecule has 0 unspecified atom stereocenters. The Balaban J connectivity index is 1.38. The molecule has 212 valence electrons. The van der Waals surface area contributed by atoms with E-state index in [0.717, 1.165) is 0 Å². The van der Waals surface area contributed by atoms with Gasteiger partial charge in [-0.1, -0.05) is 76.2 Å². The van der Waals surface area contributed by atoms with Gasteiger partial charge in [-0.15, -0.1) is 0 Å². The maximum absolute atomic E-state index is 13.3. The number of methoxy groups -OCH3 is 1. The standard InChI is InChI=1S/C30H18Cl5N3O4/c1-41-25-10-15(6-9-24(25)42-30(40)19-8-7-16(31)12-22(19)34)14-36-38-29(39)28-26(18-4-2-3-5-21(18)33)20-11-17(32)13-23(35)27(20)37-28/h2-14,37H,1H3,(H,38,39). The minimum Gasteiger partial charge on any atom is -0.493 e. The Morgan fingerprint density at radius 1 is 0.833 bits per heavy atom. The summed E-state index contributed by atoms with van der Waals surface area (Å²) in [6, 6.07) is 19.6. The fourth-order valence-corrected chi connectivity index (χ4v) is 5.47. The zero-order valence-electron chi connectivity index (χ0n) is 21.5. The molecule has 0 atom stereocenters.